The number of carbonyl (C=O) groups excluding carboxylic acids is 1. The molecule has 0 radical (unpaired) electrons. The van der Waals surface area contributed by atoms with Crippen LogP contribution in [-0.2, 0) is 11.2 Å². The Morgan fingerprint density at radius 3 is 2.77 bits per heavy atom. The van der Waals surface area contributed by atoms with Crippen molar-refractivity contribution < 1.29 is 9.53 Å². The zero-order valence-electron chi connectivity index (χ0n) is 12.1. The summed E-state index contributed by atoms with van der Waals surface area (Å²) in [6.07, 6.45) is 0.935. The van der Waals surface area contributed by atoms with E-state index in [0.29, 0.717) is 17.0 Å². The van der Waals surface area contributed by atoms with Crippen molar-refractivity contribution >= 4 is 27.5 Å². The third-order valence-electron chi connectivity index (χ3n) is 3.08. The highest BCUT2D eigenvalue weighted by Crippen LogP contribution is 2.26. The summed E-state index contributed by atoms with van der Waals surface area (Å²) < 4.78 is 6.32. The second kappa shape index (κ2) is 7.62. The van der Waals surface area contributed by atoms with E-state index in [9.17, 15) is 4.79 Å². The van der Waals surface area contributed by atoms with Crippen LogP contribution in [0.15, 0.2) is 46.9 Å². The number of nitrogens with one attached hydrogen (secondary N) is 1. The molecule has 4 nitrogen and oxygen atoms in total. The number of hydrogen-bond acceptors (Lipinski definition) is 3. The Morgan fingerprint density at radius 2 is 2.09 bits per heavy atom. The van der Waals surface area contributed by atoms with Crippen LogP contribution in [0.5, 0.6) is 5.75 Å². The van der Waals surface area contributed by atoms with E-state index in [1.165, 1.54) is 5.56 Å². The Labute approximate surface area is 137 Å². The second-order valence-corrected chi connectivity index (χ2v) is 5.47. The minimum Gasteiger partial charge on any atom is -0.483 e. The first-order valence-electron chi connectivity index (χ1n) is 6.84. The predicted molar refractivity (Wildman–Crippen MR) is 88.8 cm³/mol. The van der Waals surface area contributed by atoms with Crippen LogP contribution in [0, 0.1) is 11.3 Å². The molecule has 0 aliphatic rings. The average molecular weight is 359 g/mol. The molecule has 2 rings (SSSR count). The lowest BCUT2D eigenvalue weighted by atomic mass is 10.2. The Bertz CT molecular complexity index is 723. The summed E-state index contributed by atoms with van der Waals surface area (Å²) >= 11 is 3.43. The van der Waals surface area contributed by atoms with Crippen LogP contribution in [0.25, 0.3) is 0 Å². The summed E-state index contributed by atoms with van der Waals surface area (Å²) in [4.78, 5) is 11.9. The largest absolute Gasteiger partial charge is 0.483 e. The minimum absolute atomic E-state index is 0.121. The van der Waals surface area contributed by atoms with E-state index < -0.39 is 0 Å². The highest BCUT2D eigenvalue weighted by molar-refractivity contribution is 9.10. The van der Waals surface area contributed by atoms with E-state index in [-0.39, 0.29) is 12.5 Å². The van der Waals surface area contributed by atoms with Gasteiger partial charge in [-0.25, -0.2) is 0 Å². The quantitative estimate of drug-likeness (QED) is 0.881. The summed E-state index contributed by atoms with van der Waals surface area (Å²) in [5, 5.41) is 11.7. The first-order valence-corrected chi connectivity index (χ1v) is 7.63. The van der Waals surface area contributed by atoms with Gasteiger partial charge in [0.25, 0.3) is 5.91 Å². The number of hydrogen-bond donors (Lipinski definition) is 1. The SMILES string of the molecule is CCc1ccc(OCC(=O)Nc2ccccc2C#N)c(Br)c1. The minimum atomic E-state index is -0.311. The molecule has 0 atom stereocenters. The molecule has 0 heterocycles. The van der Waals surface area contributed by atoms with Gasteiger partial charge in [-0.2, -0.15) is 5.26 Å². The number of benzene rings is 2. The number of aryl methyl sites for hydroxylation is 1. The van der Waals surface area contributed by atoms with Crippen LogP contribution < -0.4 is 10.1 Å². The zero-order chi connectivity index (χ0) is 15.9. The van der Waals surface area contributed by atoms with Gasteiger partial charge in [0.1, 0.15) is 11.8 Å². The first kappa shape index (κ1) is 16.1. The summed E-state index contributed by atoms with van der Waals surface area (Å²) in [6.45, 7) is 1.95. The van der Waals surface area contributed by atoms with Gasteiger partial charge in [0, 0.05) is 0 Å². The Kier molecular flexibility index (Phi) is 5.56. The van der Waals surface area contributed by atoms with Gasteiger partial charge in [-0.1, -0.05) is 25.1 Å². The number of nitrogens with zero attached hydrogens (tertiary/aromatic N) is 1. The first-order chi connectivity index (χ1) is 10.6. The number of ether oxygens (including phenoxy) is 1. The van der Waals surface area contributed by atoms with E-state index in [1.807, 2.05) is 24.3 Å². The predicted octanol–water partition coefficient (Wildman–Crippen LogP) is 3.90. The van der Waals surface area contributed by atoms with Crippen LogP contribution in [0.4, 0.5) is 5.69 Å². The Balaban J connectivity index is 1.97. The lowest BCUT2D eigenvalue weighted by Gasteiger charge is -2.10. The topological polar surface area (TPSA) is 62.1 Å². The molecular formula is C17H15BrN2O2. The molecule has 5 heteroatoms. The number of nitriles is 1. The van der Waals surface area contributed by atoms with Crippen LogP contribution in [0.1, 0.15) is 18.1 Å². The molecule has 0 aliphatic carbocycles. The summed E-state index contributed by atoms with van der Waals surface area (Å²) in [6, 6.07) is 14.6. The lowest BCUT2D eigenvalue weighted by molar-refractivity contribution is -0.118. The molecule has 0 aliphatic heterocycles. The van der Waals surface area contributed by atoms with E-state index in [0.717, 1.165) is 10.9 Å². The zero-order valence-corrected chi connectivity index (χ0v) is 13.7. The van der Waals surface area contributed by atoms with Gasteiger partial charge in [0.2, 0.25) is 0 Å². The number of amides is 1. The molecule has 112 valence electrons. The molecule has 1 N–H and O–H groups in total. The van der Waals surface area contributed by atoms with E-state index in [1.54, 1.807) is 24.3 Å². The maximum Gasteiger partial charge on any atom is 0.262 e. The smallest absolute Gasteiger partial charge is 0.262 e. The van der Waals surface area contributed by atoms with Crippen molar-refractivity contribution in [3.8, 4) is 11.8 Å². The molecule has 2 aromatic carbocycles. The molecular weight excluding hydrogens is 344 g/mol. The second-order valence-electron chi connectivity index (χ2n) is 4.61. The normalized spacial score (nSPS) is 9.86. The molecule has 22 heavy (non-hydrogen) atoms. The summed E-state index contributed by atoms with van der Waals surface area (Å²) in [5.41, 5.74) is 2.09. The number of halogens is 1. The molecule has 1 amide bonds. The van der Waals surface area contributed by atoms with Crippen molar-refractivity contribution in [2.24, 2.45) is 0 Å². The van der Waals surface area contributed by atoms with Gasteiger partial charge in [0.15, 0.2) is 6.61 Å². The highest BCUT2D eigenvalue weighted by Gasteiger charge is 2.08. The van der Waals surface area contributed by atoms with Gasteiger partial charge in [-0.15, -0.1) is 0 Å². The Hall–Kier alpha value is -2.32. The van der Waals surface area contributed by atoms with Crippen molar-refractivity contribution in [3.05, 3.63) is 58.1 Å². The van der Waals surface area contributed by atoms with Gasteiger partial charge in [-0.3, -0.25) is 4.79 Å². The van der Waals surface area contributed by atoms with Crippen molar-refractivity contribution in [2.45, 2.75) is 13.3 Å². The molecule has 0 saturated heterocycles. The van der Waals surface area contributed by atoms with Gasteiger partial charge in [0.05, 0.1) is 15.7 Å². The fraction of sp³-hybridized carbons (Fsp3) is 0.176. The van der Waals surface area contributed by atoms with E-state index in [2.05, 4.69) is 28.2 Å². The summed E-state index contributed by atoms with van der Waals surface area (Å²) in [7, 11) is 0. The van der Waals surface area contributed by atoms with E-state index >= 15 is 0 Å². The van der Waals surface area contributed by atoms with Gasteiger partial charge < -0.3 is 10.1 Å². The standard InChI is InChI=1S/C17H15BrN2O2/c1-2-12-7-8-16(14(18)9-12)22-11-17(21)20-15-6-4-3-5-13(15)10-19/h3-9H,2,11H2,1H3,(H,20,21). The maximum absolute atomic E-state index is 11.9. The molecule has 0 spiro atoms. The van der Waals surface area contributed by atoms with Crippen LogP contribution in [0.3, 0.4) is 0 Å². The molecule has 0 aromatic heterocycles. The van der Waals surface area contributed by atoms with Crippen molar-refractivity contribution in [1.29, 1.82) is 5.26 Å². The van der Waals surface area contributed by atoms with Gasteiger partial charge >= 0.3 is 0 Å². The van der Waals surface area contributed by atoms with Crippen molar-refractivity contribution in [2.75, 3.05) is 11.9 Å². The lowest BCUT2D eigenvalue weighted by Crippen LogP contribution is -2.20. The van der Waals surface area contributed by atoms with Crippen LogP contribution in [0.2, 0.25) is 0 Å². The van der Waals surface area contributed by atoms with Crippen LogP contribution >= 0.6 is 15.9 Å². The van der Waals surface area contributed by atoms with Crippen molar-refractivity contribution in [3.63, 3.8) is 0 Å². The number of carbonyl (C=O) groups is 1. The summed E-state index contributed by atoms with van der Waals surface area (Å²) in [5.74, 6) is 0.301. The van der Waals surface area contributed by atoms with E-state index in [4.69, 9.17) is 10.00 Å². The number of anilines is 1. The monoisotopic (exact) mass is 358 g/mol. The third kappa shape index (κ3) is 4.09. The van der Waals surface area contributed by atoms with Crippen LogP contribution in [-0.4, -0.2) is 12.5 Å². The average Bonchev–Trinajstić information content (AvgIpc) is 2.54. The highest BCUT2D eigenvalue weighted by atomic mass is 79.9. The number of rotatable bonds is 5. The third-order valence-corrected chi connectivity index (χ3v) is 3.70. The van der Waals surface area contributed by atoms with Gasteiger partial charge in [-0.05, 0) is 52.2 Å². The molecule has 0 unspecified atom stereocenters. The molecule has 2 aromatic rings. The fourth-order valence-corrected chi connectivity index (χ4v) is 2.44. The molecule has 0 saturated carbocycles. The fourth-order valence-electron chi connectivity index (χ4n) is 1.90. The number of para-hydroxylation sites is 1. The molecule has 0 bridgehead atoms. The van der Waals surface area contributed by atoms with Crippen molar-refractivity contribution in [1.82, 2.24) is 0 Å². The Morgan fingerprint density at radius 1 is 1.32 bits per heavy atom. The maximum atomic E-state index is 11.9. The molecule has 0 fully saturated rings.